The third kappa shape index (κ3) is 6.79. The number of esters is 1. The van der Waals surface area contributed by atoms with Crippen LogP contribution in [0.15, 0.2) is 140 Å². The van der Waals surface area contributed by atoms with E-state index in [1.165, 1.54) is 0 Å². The van der Waals surface area contributed by atoms with Crippen molar-refractivity contribution in [3.05, 3.63) is 179 Å². The van der Waals surface area contributed by atoms with Gasteiger partial charge in [0.15, 0.2) is 11.5 Å². The molecule has 0 aliphatic rings. The number of aliphatic hydroxyl groups excluding tert-OH is 1. The van der Waals surface area contributed by atoms with Crippen LogP contribution in [0.2, 0.25) is 0 Å². The molecule has 0 aliphatic carbocycles. The topological polar surface area (TPSA) is 108 Å². The van der Waals surface area contributed by atoms with Crippen LogP contribution in [0.4, 0.5) is 0 Å². The van der Waals surface area contributed by atoms with Gasteiger partial charge in [-0.1, -0.05) is 153 Å². The van der Waals surface area contributed by atoms with Crippen LogP contribution in [-0.4, -0.2) is 47.4 Å². The van der Waals surface area contributed by atoms with E-state index in [1.807, 2.05) is 76.0 Å². The number of rotatable bonds is 14. The second kappa shape index (κ2) is 16.0. The van der Waals surface area contributed by atoms with E-state index in [1.54, 1.807) is 6.92 Å². The van der Waals surface area contributed by atoms with E-state index in [-0.39, 0.29) is 13.2 Å². The van der Waals surface area contributed by atoms with Gasteiger partial charge in [0.2, 0.25) is 0 Å². The monoisotopic (exact) mass is 702 g/mol. The third-order valence-corrected chi connectivity index (χ3v) is 9.63. The Morgan fingerprint density at radius 2 is 1.30 bits per heavy atom. The van der Waals surface area contributed by atoms with Crippen molar-refractivity contribution < 1.29 is 14.6 Å². The maximum atomic E-state index is 13.1. The first-order valence-corrected chi connectivity index (χ1v) is 18.1. The SMILES string of the molecule is CCCCc1nc(CO)c(C(=O)OCC)n1Cc1ccc(-c2ccccc2-c2nnnn2C(c2ccccc2)(c2ccccc2)c2ccccc2)cc1. The summed E-state index contributed by atoms with van der Waals surface area (Å²) in [6, 6.07) is 47.6. The quantitative estimate of drug-likeness (QED) is 0.0902. The number of hydrogen-bond acceptors (Lipinski definition) is 7. The lowest BCUT2D eigenvalue weighted by Crippen LogP contribution is -2.39. The average molecular weight is 703 g/mol. The number of benzene rings is 5. The molecule has 0 amide bonds. The van der Waals surface area contributed by atoms with Gasteiger partial charge in [0.05, 0.1) is 18.9 Å². The second-order valence-corrected chi connectivity index (χ2v) is 12.9. The standard InChI is InChI=1S/C44H42N6O3/c1-3-5-25-40-45-39(31-51)41(43(52)53-4-2)49(40)30-32-26-28-33(29-27-32)37-23-15-16-24-38(37)42-46-47-48-50(42)44(34-17-9-6-10-18-34,35-19-11-7-12-20-35)36-21-13-8-14-22-36/h6-24,26-29,51H,3-5,25,30-31H2,1-2H3. The zero-order valence-electron chi connectivity index (χ0n) is 30.0. The molecule has 0 saturated heterocycles. The number of nitrogens with zero attached hydrogens (tertiary/aromatic N) is 6. The van der Waals surface area contributed by atoms with Crippen molar-refractivity contribution in [1.82, 2.24) is 29.8 Å². The fourth-order valence-corrected chi connectivity index (χ4v) is 7.18. The summed E-state index contributed by atoms with van der Waals surface area (Å²) in [6.07, 6.45) is 2.59. The fourth-order valence-electron chi connectivity index (χ4n) is 7.18. The number of unbranched alkanes of at least 4 members (excludes halogenated alkanes) is 1. The zero-order chi connectivity index (χ0) is 36.6. The Morgan fingerprint density at radius 3 is 1.85 bits per heavy atom. The molecule has 0 saturated carbocycles. The fraction of sp³-hybridized carbons (Fsp3) is 0.205. The summed E-state index contributed by atoms with van der Waals surface area (Å²) >= 11 is 0. The molecule has 53 heavy (non-hydrogen) atoms. The van der Waals surface area contributed by atoms with Crippen molar-refractivity contribution in [3.63, 3.8) is 0 Å². The normalized spacial score (nSPS) is 11.5. The van der Waals surface area contributed by atoms with Gasteiger partial charge in [-0.25, -0.2) is 14.5 Å². The number of carbonyl (C=O) groups is 1. The van der Waals surface area contributed by atoms with Crippen LogP contribution in [0.5, 0.6) is 0 Å². The molecule has 0 atom stereocenters. The molecule has 0 bridgehead atoms. The molecule has 7 aromatic rings. The minimum atomic E-state index is -0.885. The maximum absolute atomic E-state index is 13.1. The van der Waals surface area contributed by atoms with Crippen LogP contribution in [0.3, 0.4) is 0 Å². The van der Waals surface area contributed by atoms with Crippen molar-refractivity contribution in [3.8, 4) is 22.5 Å². The van der Waals surface area contributed by atoms with Crippen molar-refractivity contribution in [1.29, 1.82) is 0 Å². The smallest absolute Gasteiger partial charge is 0.357 e. The molecule has 2 heterocycles. The van der Waals surface area contributed by atoms with Gasteiger partial charge in [-0.05, 0) is 57.2 Å². The lowest BCUT2D eigenvalue weighted by Gasteiger charge is -2.36. The van der Waals surface area contributed by atoms with Gasteiger partial charge in [-0.3, -0.25) is 0 Å². The number of tetrazole rings is 1. The van der Waals surface area contributed by atoms with Crippen LogP contribution in [0.25, 0.3) is 22.5 Å². The molecule has 9 heteroatoms. The number of imidazole rings is 1. The van der Waals surface area contributed by atoms with Crippen molar-refractivity contribution >= 4 is 5.97 Å². The van der Waals surface area contributed by atoms with Crippen molar-refractivity contribution in [2.75, 3.05) is 6.61 Å². The first kappa shape index (κ1) is 35.2. The molecule has 266 valence electrons. The number of hydrogen-bond donors (Lipinski definition) is 1. The summed E-state index contributed by atoms with van der Waals surface area (Å²) in [4.78, 5) is 17.7. The van der Waals surface area contributed by atoms with Gasteiger partial charge in [0, 0.05) is 18.5 Å². The van der Waals surface area contributed by atoms with E-state index >= 15 is 0 Å². The number of aliphatic hydroxyl groups is 1. The lowest BCUT2D eigenvalue weighted by molar-refractivity contribution is 0.0510. The second-order valence-electron chi connectivity index (χ2n) is 12.9. The minimum Gasteiger partial charge on any atom is -0.461 e. The summed E-state index contributed by atoms with van der Waals surface area (Å²) in [6.45, 7) is 4.20. The molecule has 7 rings (SSSR count). The van der Waals surface area contributed by atoms with E-state index in [2.05, 4.69) is 89.9 Å². The van der Waals surface area contributed by atoms with Crippen LogP contribution >= 0.6 is 0 Å². The van der Waals surface area contributed by atoms with E-state index in [9.17, 15) is 9.90 Å². The highest BCUT2D eigenvalue weighted by Crippen LogP contribution is 2.43. The number of aromatic nitrogens is 6. The summed E-state index contributed by atoms with van der Waals surface area (Å²) in [5.41, 5.74) is 6.66. The molecular weight excluding hydrogens is 661 g/mol. The van der Waals surface area contributed by atoms with Gasteiger partial charge >= 0.3 is 5.97 Å². The zero-order valence-corrected chi connectivity index (χ0v) is 30.0. The molecular formula is C44H42N6O3. The summed E-state index contributed by atoms with van der Waals surface area (Å²) in [7, 11) is 0. The summed E-state index contributed by atoms with van der Waals surface area (Å²) in [5.74, 6) is 0.905. The van der Waals surface area contributed by atoms with Gasteiger partial charge in [0.25, 0.3) is 0 Å². The molecule has 0 radical (unpaired) electrons. The lowest BCUT2D eigenvalue weighted by atomic mass is 9.77. The van der Waals surface area contributed by atoms with Gasteiger partial charge in [-0.2, -0.15) is 0 Å². The average Bonchev–Trinajstić information content (AvgIpc) is 3.84. The van der Waals surface area contributed by atoms with E-state index in [0.717, 1.165) is 57.6 Å². The predicted molar refractivity (Wildman–Crippen MR) is 205 cm³/mol. The van der Waals surface area contributed by atoms with Crippen LogP contribution in [-0.2, 0) is 29.8 Å². The Morgan fingerprint density at radius 1 is 0.736 bits per heavy atom. The highest BCUT2D eigenvalue weighted by Gasteiger charge is 2.42. The Labute approximate surface area is 309 Å². The van der Waals surface area contributed by atoms with Crippen LogP contribution in [0, 0.1) is 0 Å². The Hall–Kier alpha value is -6.19. The molecule has 5 aromatic carbocycles. The molecule has 2 aromatic heterocycles. The molecule has 0 unspecified atom stereocenters. The molecule has 9 nitrogen and oxygen atoms in total. The van der Waals surface area contributed by atoms with E-state index in [0.29, 0.717) is 30.2 Å². The van der Waals surface area contributed by atoms with E-state index in [4.69, 9.17) is 15.0 Å². The number of aryl methyl sites for hydroxylation is 1. The highest BCUT2D eigenvalue weighted by molar-refractivity contribution is 5.89. The first-order valence-electron chi connectivity index (χ1n) is 18.1. The van der Waals surface area contributed by atoms with Gasteiger partial charge in [-0.15, -0.1) is 5.10 Å². The van der Waals surface area contributed by atoms with Crippen LogP contribution < -0.4 is 0 Å². The molecule has 1 N–H and O–H groups in total. The highest BCUT2D eigenvalue weighted by atomic mass is 16.5. The van der Waals surface area contributed by atoms with Gasteiger partial charge in [0.1, 0.15) is 11.4 Å². The summed E-state index contributed by atoms with van der Waals surface area (Å²) < 4.78 is 9.23. The molecule has 0 aliphatic heterocycles. The van der Waals surface area contributed by atoms with E-state index < -0.39 is 11.5 Å². The van der Waals surface area contributed by atoms with Gasteiger partial charge < -0.3 is 14.4 Å². The maximum Gasteiger partial charge on any atom is 0.357 e. The van der Waals surface area contributed by atoms with Crippen LogP contribution in [0.1, 0.15) is 70.9 Å². The van der Waals surface area contributed by atoms with Crippen molar-refractivity contribution in [2.24, 2.45) is 0 Å². The Kier molecular flexibility index (Phi) is 10.6. The molecule has 0 fully saturated rings. The molecule has 0 spiro atoms. The predicted octanol–water partition coefficient (Wildman–Crippen LogP) is 8.10. The third-order valence-electron chi connectivity index (χ3n) is 9.63. The first-order chi connectivity index (χ1) is 26.1. The number of ether oxygens (including phenoxy) is 1. The minimum absolute atomic E-state index is 0.236. The largest absolute Gasteiger partial charge is 0.461 e. The Bertz CT molecular complexity index is 2170. The van der Waals surface area contributed by atoms with Crippen molar-refractivity contribution in [2.45, 2.75) is 51.8 Å². The Balaban J connectivity index is 1.32. The summed E-state index contributed by atoms with van der Waals surface area (Å²) in [5, 5.41) is 23.9. The number of carbonyl (C=O) groups excluding carboxylic acids is 1.